The first-order chi connectivity index (χ1) is 12.5. The summed E-state index contributed by atoms with van der Waals surface area (Å²) in [5.74, 6) is -1.04. The number of aromatic hydroxyl groups is 1. The third kappa shape index (κ3) is 3.68. The third-order valence-electron chi connectivity index (χ3n) is 3.67. The van der Waals surface area contributed by atoms with Gasteiger partial charge in [-0.05, 0) is 30.5 Å². The Kier molecular flexibility index (Phi) is 4.91. The highest BCUT2D eigenvalue weighted by Gasteiger charge is 2.21. The number of carbonyl (C=O) groups excluding carboxylic acids is 2. The minimum absolute atomic E-state index is 0.0663. The lowest BCUT2D eigenvalue weighted by Crippen LogP contribution is -2.30. The second kappa shape index (κ2) is 7.29. The van der Waals surface area contributed by atoms with Crippen LogP contribution in [0.4, 0.5) is 5.00 Å². The number of fused-ring (bicyclic) bond motifs is 1. The molecule has 0 aliphatic rings. The summed E-state index contributed by atoms with van der Waals surface area (Å²) in [7, 11) is 0. The van der Waals surface area contributed by atoms with Crippen molar-refractivity contribution in [2.75, 3.05) is 5.32 Å². The van der Waals surface area contributed by atoms with Gasteiger partial charge in [0.1, 0.15) is 22.4 Å². The number of rotatable bonds is 5. The standard InChI is InChI=1S/C18H14N2O5S/c1-10(17(23)20-18-11(8-19)4-5-26-18)25-16(22)6-12-9-24-15-7-13(21)2-3-14(12)15/h2-5,7,9-10,21H,6H2,1H3,(H,20,23)/t10-/m0/s1. The highest BCUT2D eigenvalue weighted by molar-refractivity contribution is 7.14. The van der Waals surface area contributed by atoms with E-state index < -0.39 is 18.0 Å². The fourth-order valence-corrected chi connectivity index (χ4v) is 3.10. The number of nitriles is 1. The lowest BCUT2D eigenvalue weighted by Gasteiger charge is -2.12. The molecule has 0 saturated carbocycles. The molecule has 1 amide bonds. The van der Waals surface area contributed by atoms with Gasteiger partial charge in [-0.25, -0.2) is 0 Å². The van der Waals surface area contributed by atoms with Gasteiger partial charge in [-0.15, -0.1) is 11.3 Å². The van der Waals surface area contributed by atoms with Crippen molar-refractivity contribution in [2.24, 2.45) is 0 Å². The van der Waals surface area contributed by atoms with Crippen LogP contribution in [0.5, 0.6) is 5.75 Å². The van der Waals surface area contributed by atoms with Crippen molar-refractivity contribution < 1.29 is 23.8 Å². The van der Waals surface area contributed by atoms with Crippen molar-refractivity contribution in [2.45, 2.75) is 19.4 Å². The molecule has 0 fully saturated rings. The lowest BCUT2D eigenvalue weighted by atomic mass is 10.1. The third-order valence-corrected chi connectivity index (χ3v) is 4.50. The number of phenols is 1. The molecule has 1 atom stereocenters. The summed E-state index contributed by atoms with van der Waals surface area (Å²) in [5.41, 5.74) is 1.41. The van der Waals surface area contributed by atoms with Crippen molar-refractivity contribution in [3.8, 4) is 11.8 Å². The maximum atomic E-state index is 12.1. The smallest absolute Gasteiger partial charge is 0.311 e. The topological polar surface area (TPSA) is 113 Å². The number of benzene rings is 1. The van der Waals surface area contributed by atoms with E-state index in [1.807, 2.05) is 6.07 Å². The van der Waals surface area contributed by atoms with Gasteiger partial charge in [0.05, 0.1) is 18.2 Å². The van der Waals surface area contributed by atoms with E-state index in [2.05, 4.69) is 5.32 Å². The predicted octanol–water partition coefficient (Wildman–Crippen LogP) is 3.18. The quantitative estimate of drug-likeness (QED) is 0.667. The number of anilines is 1. The van der Waals surface area contributed by atoms with Crippen molar-refractivity contribution in [1.82, 2.24) is 0 Å². The van der Waals surface area contributed by atoms with E-state index in [1.165, 1.54) is 36.7 Å². The molecule has 1 aromatic carbocycles. The number of nitrogens with one attached hydrogen (secondary N) is 1. The molecule has 3 aromatic rings. The van der Waals surface area contributed by atoms with Crippen LogP contribution in [0, 0.1) is 11.3 Å². The van der Waals surface area contributed by atoms with E-state index in [-0.39, 0.29) is 12.2 Å². The van der Waals surface area contributed by atoms with Crippen LogP contribution >= 0.6 is 11.3 Å². The molecular weight excluding hydrogens is 356 g/mol. The largest absolute Gasteiger partial charge is 0.508 e. The van der Waals surface area contributed by atoms with Crippen molar-refractivity contribution in [1.29, 1.82) is 5.26 Å². The van der Waals surface area contributed by atoms with Crippen molar-refractivity contribution in [3.63, 3.8) is 0 Å². The molecule has 132 valence electrons. The number of esters is 1. The molecule has 0 bridgehead atoms. The summed E-state index contributed by atoms with van der Waals surface area (Å²) in [4.78, 5) is 24.2. The van der Waals surface area contributed by atoms with E-state index in [0.717, 1.165) is 0 Å². The van der Waals surface area contributed by atoms with Gasteiger partial charge >= 0.3 is 5.97 Å². The van der Waals surface area contributed by atoms with Gasteiger partial charge in [0.2, 0.25) is 0 Å². The highest BCUT2D eigenvalue weighted by Crippen LogP contribution is 2.26. The Morgan fingerprint density at radius 2 is 2.23 bits per heavy atom. The van der Waals surface area contributed by atoms with Crippen LogP contribution in [0.15, 0.2) is 40.3 Å². The Labute approximate surface area is 152 Å². The van der Waals surface area contributed by atoms with E-state index >= 15 is 0 Å². The number of amides is 1. The molecule has 2 N–H and O–H groups in total. The highest BCUT2D eigenvalue weighted by atomic mass is 32.1. The molecule has 0 unspecified atom stereocenters. The molecule has 0 spiro atoms. The zero-order chi connectivity index (χ0) is 18.7. The monoisotopic (exact) mass is 370 g/mol. The van der Waals surface area contributed by atoms with Gasteiger partial charge in [0, 0.05) is 17.0 Å². The average molecular weight is 370 g/mol. The van der Waals surface area contributed by atoms with Gasteiger partial charge in [-0.2, -0.15) is 5.26 Å². The van der Waals surface area contributed by atoms with Crippen LogP contribution in [0.3, 0.4) is 0 Å². The first-order valence-electron chi connectivity index (χ1n) is 7.65. The van der Waals surface area contributed by atoms with Crippen LogP contribution in [0.25, 0.3) is 11.0 Å². The minimum Gasteiger partial charge on any atom is -0.508 e. The molecule has 7 nitrogen and oxygen atoms in total. The van der Waals surface area contributed by atoms with Crippen molar-refractivity contribution in [3.05, 3.63) is 47.0 Å². The Hall–Kier alpha value is -3.31. The summed E-state index contributed by atoms with van der Waals surface area (Å²) in [5, 5.41) is 23.7. The predicted molar refractivity (Wildman–Crippen MR) is 94.8 cm³/mol. The first-order valence-corrected chi connectivity index (χ1v) is 8.53. The molecule has 0 saturated heterocycles. The summed E-state index contributed by atoms with van der Waals surface area (Å²) >= 11 is 1.22. The molecule has 8 heteroatoms. The van der Waals surface area contributed by atoms with Crippen LogP contribution < -0.4 is 5.32 Å². The molecule has 3 rings (SSSR count). The number of ether oxygens (including phenoxy) is 1. The Bertz CT molecular complexity index is 1010. The summed E-state index contributed by atoms with van der Waals surface area (Å²) in [6.45, 7) is 1.46. The molecule has 0 radical (unpaired) electrons. The molecule has 2 heterocycles. The Morgan fingerprint density at radius 3 is 3.00 bits per heavy atom. The second-order valence-electron chi connectivity index (χ2n) is 5.51. The number of furan rings is 1. The van der Waals surface area contributed by atoms with Crippen LogP contribution in [-0.2, 0) is 20.7 Å². The molecule has 0 aliphatic carbocycles. The fourth-order valence-electron chi connectivity index (χ4n) is 2.36. The summed E-state index contributed by atoms with van der Waals surface area (Å²) in [6, 6.07) is 8.16. The number of thiophene rings is 1. The van der Waals surface area contributed by atoms with Crippen molar-refractivity contribution >= 4 is 39.2 Å². The Balaban J connectivity index is 1.62. The van der Waals surface area contributed by atoms with Crippen LogP contribution in [0.2, 0.25) is 0 Å². The first kappa shape index (κ1) is 17.5. The molecular formula is C18H14N2O5S. The van der Waals surface area contributed by atoms with Gasteiger partial charge in [-0.1, -0.05) is 0 Å². The van der Waals surface area contributed by atoms with E-state index in [9.17, 15) is 14.7 Å². The molecule has 26 heavy (non-hydrogen) atoms. The normalized spacial score (nSPS) is 11.7. The fraction of sp³-hybridized carbons (Fsp3) is 0.167. The average Bonchev–Trinajstić information content (AvgIpc) is 3.21. The number of hydrogen-bond donors (Lipinski definition) is 2. The van der Waals surface area contributed by atoms with Crippen LogP contribution in [-0.4, -0.2) is 23.1 Å². The van der Waals surface area contributed by atoms with Crippen LogP contribution in [0.1, 0.15) is 18.1 Å². The number of phenolic OH excluding ortho intramolecular Hbond substituents is 1. The summed E-state index contributed by atoms with van der Waals surface area (Å²) in [6.07, 6.45) is 0.331. The zero-order valence-corrected chi connectivity index (χ0v) is 14.5. The van der Waals surface area contributed by atoms with Gasteiger partial charge in [0.15, 0.2) is 6.10 Å². The summed E-state index contributed by atoms with van der Waals surface area (Å²) < 4.78 is 10.5. The SMILES string of the molecule is C[C@H](OC(=O)Cc1coc2cc(O)ccc12)C(=O)Nc1sccc1C#N. The lowest BCUT2D eigenvalue weighted by molar-refractivity contribution is -0.152. The second-order valence-corrected chi connectivity index (χ2v) is 6.43. The van der Waals surface area contributed by atoms with Gasteiger partial charge < -0.3 is 19.6 Å². The van der Waals surface area contributed by atoms with E-state index in [4.69, 9.17) is 14.4 Å². The number of nitrogens with zero attached hydrogens (tertiary/aromatic N) is 1. The maximum absolute atomic E-state index is 12.1. The Morgan fingerprint density at radius 1 is 1.42 bits per heavy atom. The van der Waals surface area contributed by atoms with E-state index in [0.29, 0.717) is 27.1 Å². The minimum atomic E-state index is -1.02. The van der Waals surface area contributed by atoms with Gasteiger partial charge in [-0.3, -0.25) is 9.59 Å². The molecule has 2 aromatic heterocycles. The van der Waals surface area contributed by atoms with E-state index in [1.54, 1.807) is 17.5 Å². The maximum Gasteiger partial charge on any atom is 0.311 e. The molecule has 0 aliphatic heterocycles. The number of carbonyl (C=O) groups is 2. The zero-order valence-electron chi connectivity index (χ0n) is 13.7. The van der Waals surface area contributed by atoms with Gasteiger partial charge in [0.25, 0.3) is 5.91 Å². The number of hydrogen-bond acceptors (Lipinski definition) is 7.